The number of thiophene rings is 1. The minimum Gasteiger partial charge on any atom is -0.312 e. The molecule has 2 heterocycles. The van der Waals surface area contributed by atoms with Gasteiger partial charge in [-0.1, -0.05) is 13.8 Å². The lowest BCUT2D eigenvalue weighted by molar-refractivity contribution is 0.554. The van der Waals surface area contributed by atoms with Gasteiger partial charge in [0.2, 0.25) is 0 Å². The third-order valence-corrected chi connectivity index (χ3v) is 4.39. The fourth-order valence-electron chi connectivity index (χ4n) is 1.58. The van der Waals surface area contributed by atoms with Gasteiger partial charge < -0.3 is 5.32 Å². The normalized spacial score (nSPS) is 11.3. The number of rotatable bonds is 5. The SMILES string of the molecule is Cc1nc(-c2ccsc2)sc1CNCC(C)C. The van der Waals surface area contributed by atoms with Crippen molar-refractivity contribution in [1.82, 2.24) is 10.3 Å². The van der Waals surface area contributed by atoms with Crippen molar-refractivity contribution in [1.29, 1.82) is 0 Å². The van der Waals surface area contributed by atoms with Crippen molar-refractivity contribution < 1.29 is 0 Å². The topological polar surface area (TPSA) is 24.9 Å². The van der Waals surface area contributed by atoms with Gasteiger partial charge in [0.15, 0.2) is 0 Å². The van der Waals surface area contributed by atoms with Crippen LogP contribution in [0.3, 0.4) is 0 Å². The number of nitrogens with zero attached hydrogens (tertiary/aromatic N) is 1. The molecule has 2 aromatic heterocycles. The van der Waals surface area contributed by atoms with Crippen molar-refractivity contribution in [3.05, 3.63) is 27.4 Å². The van der Waals surface area contributed by atoms with Gasteiger partial charge in [-0.2, -0.15) is 11.3 Å². The van der Waals surface area contributed by atoms with Crippen LogP contribution < -0.4 is 5.32 Å². The molecule has 0 aromatic carbocycles. The van der Waals surface area contributed by atoms with E-state index in [1.54, 1.807) is 22.7 Å². The molecule has 0 aliphatic carbocycles. The van der Waals surface area contributed by atoms with Crippen molar-refractivity contribution in [3.8, 4) is 10.6 Å². The molecule has 1 N–H and O–H groups in total. The highest BCUT2D eigenvalue weighted by Crippen LogP contribution is 2.29. The molecule has 0 saturated heterocycles. The zero-order chi connectivity index (χ0) is 12.3. The predicted octanol–water partition coefficient (Wildman–Crippen LogP) is 3.93. The second-order valence-corrected chi connectivity index (χ2v) is 6.43. The first-order chi connectivity index (χ1) is 8.16. The quantitative estimate of drug-likeness (QED) is 0.887. The summed E-state index contributed by atoms with van der Waals surface area (Å²) in [7, 11) is 0. The van der Waals surface area contributed by atoms with E-state index in [1.165, 1.54) is 10.4 Å². The Morgan fingerprint density at radius 3 is 2.88 bits per heavy atom. The fraction of sp³-hybridized carbons (Fsp3) is 0.462. The maximum Gasteiger partial charge on any atom is 0.124 e. The van der Waals surface area contributed by atoms with Crippen LogP contribution in [0, 0.1) is 12.8 Å². The highest BCUT2D eigenvalue weighted by atomic mass is 32.1. The van der Waals surface area contributed by atoms with Crippen molar-refractivity contribution in [2.45, 2.75) is 27.3 Å². The number of hydrogen-bond acceptors (Lipinski definition) is 4. The molecule has 2 rings (SSSR count). The van der Waals surface area contributed by atoms with Gasteiger partial charge in [-0.25, -0.2) is 4.98 Å². The summed E-state index contributed by atoms with van der Waals surface area (Å²) in [6.45, 7) is 8.54. The van der Waals surface area contributed by atoms with Gasteiger partial charge in [-0.3, -0.25) is 0 Å². The molecular weight excluding hydrogens is 248 g/mol. The van der Waals surface area contributed by atoms with Gasteiger partial charge in [0.05, 0.1) is 5.69 Å². The Kier molecular flexibility index (Phi) is 4.31. The molecule has 17 heavy (non-hydrogen) atoms. The summed E-state index contributed by atoms with van der Waals surface area (Å²) in [5.41, 5.74) is 2.41. The summed E-state index contributed by atoms with van der Waals surface area (Å²) in [6, 6.07) is 2.13. The summed E-state index contributed by atoms with van der Waals surface area (Å²) >= 11 is 3.52. The third kappa shape index (κ3) is 3.37. The van der Waals surface area contributed by atoms with Crippen LogP contribution in [0.2, 0.25) is 0 Å². The largest absolute Gasteiger partial charge is 0.312 e. The average molecular weight is 266 g/mol. The van der Waals surface area contributed by atoms with E-state index in [2.05, 4.69) is 47.9 Å². The summed E-state index contributed by atoms with van der Waals surface area (Å²) in [4.78, 5) is 5.99. The molecule has 0 aliphatic heterocycles. The van der Waals surface area contributed by atoms with Crippen molar-refractivity contribution in [3.63, 3.8) is 0 Å². The molecule has 0 unspecified atom stereocenters. The van der Waals surface area contributed by atoms with Gasteiger partial charge in [0.25, 0.3) is 0 Å². The Bertz CT molecular complexity index is 458. The van der Waals surface area contributed by atoms with Crippen molar-refractivity contribution in [2.75, 3.05) is 6.54 Å². The fourth-order valence-corrected chi connectivity index (χ4v) is 3.32. The first-order valence-corrected chi connectivity index (χ1v) is 7.62. The Labute approximate surface area is 111 Å². The van der Waals surface area contributed by atoms with Crippen LogP contribution in [0.25, 0.3) is 10.6 Å². The van der Waals surface area contributed by atoms with Crippen LogP contribution in [0.4, 0.5) is 0 Å². The smallest absolute Gasteiger partial charge is 0.124 e. The number of aryl methyl sites for hydroxylation is 1. The summed E-state index contributed by atoms with van der Waals surface area (Å²) in [6.07, 6.45) is 0. The summed E-state index contributed by atoms with van der Waals surface area (Å²) in [5.74, 6) is 0.694. The molecule has 0 aliphatic rings. The summed E-state index contributed by atoms with van der Waals surface area (Å²) < 4.78 is 0. The molecule has 0 atom stereocenters. The third-order valence-electron chi connectivity index (χ3n) is 2.50. The minimum absolute atomic E-state index is 0.694. The second-order valence-electron chi connectivity index (χ2n) is 4.56. The predicted molar refractivity (Wildman–Crippen MR) is 76.7 cm³/mol. The highest BCUT2D eigenvalue weighted by molar-refractivity contribution is 7.15. The number of thiazole rings is 1. The van der Waals surface area contributed by atoms with E-state index in [0.29, 0.717) is 5.92 Å². The average Bonchev–Trinajstić information content (AvgIpc) is 2.87. The van der Waals surface area contributed by atoms with Crippen LogP contribution in [0.15, 0.2) is 16.8 Å². The van der Waals surface area contributed by atoms with E-state index in [1.807, 2.05) is 0 Å². The van der Waals surface area contributed by atoms with E-state index >= 15 is 0 Å². The van der Waals surface area contributed by atoms with E-state index < -0.39 is 0 Å². The minimum atomic E-state index is 0.694. The monoisotopic (exact) mass is 266 g/mol. The van der Waals surface area contributed by atoms with Crippen LogP contribution in [-0.4, -0.2) is 11.5 Å². The number of aromatic nitrogens is 1. The van der Waals surface area contributed by atoms with Crippen LogP contribution in [0.5, 0.6) is 0 Å². The molecule has 0 radical (unpaired) electrons. The van der Waals surface area contributed by atoms with E-state index in [4.69, 9.17) is 0 Å². The van der Waals surface area contributed by atoms with Crippen molar-refractivity contribution >= 4 is 22.7 Å². The van der Waals surface area contributed by atoms with Crippen LogP contribution in [0.1, 0.15) is 24.4 Å². The first-order valence-electron chi connectivity index (χ1n) is 5.86. The molecule has 92 valence electrons. The molecule has 2 aromatic rings. The van der Waals surface area contributed by atoms with Crippen LogP contribution >= 0.6 is 22.7 Å². The van der Waals surface area contributed by atoms with E-state index in [0.717, 1.165) is 23.8 Å². The first kappa shape index (κ1) is 12.7. The van der Waals surface area contributed by atoms with Gasteiger partial charge in [-0.05, 0) is 30.8 Å². The second kappa shape index (κ2) is 5.76. The lowest BCUT2D eigenvalue weighted by Crippen LogP contribution is -2.18. The Morgan fingerprint density at radius 2 is 2.24 bits per heavy atom. The zero-order valence-electron chi connectivity index (χ0n) is 10.5. The Balaban J connectivity index is 2.04. The van der Waals surface area contributed by atoms with Crippen LogP contribution in [-0.2, 0) is 6.54 Å². The number of hydrogen-bond donors (Lipinski definition) is 1. The van der Waals surface area contributed by atoms with Gasteiger partial charge in [0.1, 0.15) is 5.01 Å². The van der Waals surface area contributed by atoms with Gasteiger partial charge >= 0.3 is 0 Å². The molecule has 0 fully saturated rings. The molecular formula is C13H18N2S2. The van der Waals surface area contributed by atoms with E-state index in [-0.39, 0.29) is 0 Å². The summed E-state index contributed by atoms with van der Waals surface area (Å²) in [5, 5.41) is 8.87. The molecule has 0 bridgehead atoms. The van der Waals surface area contributed by atoms with Crippen molar-refractivity contribution in [2.24, 2.45) is 5.92 Å². The van der Waals surface area contributed by atoms with E-state index in [9.17, 15) is 0 Å². The van der Waals surface area contributed by atoms with Gasteiger partial charge in [0, 0.05) is 22.4 Å². The lowest BCUT2D eigenvalue weighted by atomic mass is 10.2. The maximum atomic E-state index is 4.64. The zero-order valence-corrected chi connectivity index (χ0v) is 12.1. The van der Waals surface area contributed by atoms with Gasteiger partial charge in [-0.15, -0.1) is 11.3 Å². The molecule has 0 amide bonds. The Hall–Kier alpha value is -0.710. The number of nitrogens with one attached hydrogen (secondary N) is 1. The lowest BCUT2D eigenvalue weighted by Gasteiger charge is -2.05. The molecule has 0 spiro atoms. The molecule has 0 saturated carbocycles. The maximum absolute atomic E-state index is 4.64. The standard InChI is InChI=1S/C13H18N2S2/c1-9(2)6-14-7-12-10(3)15-13(17-12)11-4-5-16-8-11/h4-5,8-9,14H,6-7H2,1-3H3. The molecule has 2 nitrogen and oxygen atoms in total. The highest BCUT2D eigenvalue weighted by Gasteiger charge is 2.09. The Morgan fingerprint density at radius 1 is 1.41 bits per heavy atom. The molecule has 4 heteroatoms.